The second-order valence-corrected chi connectivity index (χ2v) is 7.31. The third-order valence-electron chi connectivity index (χ3n) is 4.00. The number of hydrogen-bond acceptors (Lipinski definition) is 5. The quantitative estimate of drug-likeness (QED) is 0.803. The van der Waals surface area contributed by atoms with E-state index in [1.807, 2.05) is 6.07 Å². The van der Waals surface area contributed by atoms with E-state index in [4.69, 9.17) is 16.9 Å². The molecule has 1 aromatic carbocycles. The van der Waals surface area contributed by atoms with Gasteiger partial charge in [0.25, 0.3) is 5.91 Å². The molecule has 2 saturated heterocycles. The van der Waals surface area contributed by atoms with Gasteiger partial charge in [-0.15, -0.1) is 0 Å². The summed E-state index contributed by atoms with van der Waals surface area (Å²) in [7, 11) is -4.04. The fourth-order valence-corrected chi connectivity index (χ4v) is 4.91. The van der Waals surface area contributed by atoms with Crippen LogP contribution in [0.2, 0.25) is 5.02 Å². The summed E-state index contributed by atoms with van der Waals surface area (Å²) in [6.45, 7) is 1.64. The van der Waals surface area contributed by atoms with Gasteiger partial charge < -0.3 is 5.11 Å². The summed E-state index contributed by atoms with van der Waals surface area (Å²) in [6.07, 6.45) is -0.780. The molecular formula is C13H12ClN3O4S. The average Bonchev–Trinajstić information content (AvgIpc) is 2.94. The predicted molar refractivity (Wildman–Crippen MR) is 78.4 cm³/mol. The standard InChI is InChI=1S/C13H12ClN3O4S/c1-7-9(3-2-8(6-15)11(7)14)17-13(19)12-10(18)4-5-16(12)22(17,20)21/h2-3,10,12,18H,4-5H2,1H3/t10-,12-/m0/s1. The van der Waals surface area contributed by atoms with E-state index in [-0.39, 0.29) is 29.2 Å². The Labute approximate surface area is 132 Å². The molecule has 0 saturated carbocycles. The number of halogens is 1. The van der Waals surface area contributed by atoms with Crippen molar-refractivity contribution in [1.82, 2.24) is 4.31 Å². The van der Waals surface area contributed by atoms with E-state index in [1.54, 1.807) is 6.92 Å². The van der Waals surface area contributed by atoms with Crippen molar-refractivity contribution in [3.05, 3.63) is 28.3 Å². The van der Waals surface area contributed by atoms with Gasteiger partial charge in [-0.05, 0) is 31.0 Å². The molecule has 2 aliphatic heterocycles. The van der Waals surface area contributed by atoms with Crippen molar-refractivity contribution < 1.29 is 18.3 Å². The Balaban J connectivity index is 2.16. The van der Waals surface area contributed by atoms with E-state index >= 15 is 0 Å². The lowest BCUT2D eigenvalue weighted by atomic mass is 10.1. The molecule has 3 rings (SSSR count). The number of rotatable bonds is 1. The predicted octanol–water partition coefficient (Wildman–Crippen LogP) is 0.547. The molecule has 116 valence electrons. The molecule has 1 aromatic rings. The van der Waals surface area contributed by atoms with E-state index in [1.165, 1.54) is 12.1 Å². The van der Waals surface area contributed by atoms with Crippen LogP contribution in [-0.4, -0.2) is 42.4 Å². The number of fused-ring (bicyclic) bond motifs is 1. The lowest BCUT2D eigenvalue weighted by Crippen LogP contribution is -2.36. The molecule has 0 aromatic heterocycles. The van der Waals surface area contributed by atoms with Crippen LogP contribution in [0.3, 0.4) is 0 Å². The maximum Gasteiger partial charge on any atom is 0.311 e. The molecule has 2 aliphatic rings. The summed E-state index contributed by atoms with van der Waals surface area (Å²) in [5.41, 5.74) is 0.636. The Morgan fingerprint density at radius 1 is 1.45 bits per heavy atom. The van der Waals surface area contributed by atoms with Crippen LogP contribution in [0.15, 0.2) is 12.1 Å². The average molecular weight is 342 g/mol. The molecule has 2 atom stereocenters. The van der Waals surface area contributed by atoms with E-state index in [9.17, 15) is 18.3 Å². The molecule has 2 fully saturated rings. The fourth-order valence-electron chi connectivity index (χ4n) is 2.86. The van der Waals surface area contributed by atoms with Gasteiger partial charge in [-0.2, -0.15) is 22.3 Å². The van der Waals surface area contributed by atoms with E-state index in [0.717, 1.165) is 4.31 Å². The molecule has 0 radical (unpaired) electrons. The molecule has 0 bridgehead atoms. The van der Waals surface area contributed by atoms with Crippen LogP contribution in [0.25, 0.3) is 0 Å². The van der Waals surface area contributed by atoms with Crippen molar-refractivity contribution in [2.45, 2.75) is 25.5 Å². The lowest BCUT2D eigenvalue weighted by Gasteiger charge is -2.20. The molecule has 0 spiro atoms. The Hall–Kier alpha value is -1.66. The third-order valence-corrected chi connectivity index (χ3v) is 6.32. The summed E-state index contributed by atoms with van der Waals surface area (Å²) >= 11 is 6.05. The van der Waals surface area contributed by atoms with Gasteiger partial charge in [0.15, 0.2) is 0 Å². The molecule has 0 unspecified atom stereocenters. The minimum Gasteiger partial charge on any atom is -0.391 e. The zero-order valence-electron chi connectivity index (χ0n) is 11.5. The maximum atomic E-state index is 12.6. The van der Waals surface area contributed by atoms with Gasteiger partial charge in [0.1, 0.15) is 12.1 Å². The van der Waals surface area contributed by atoms with Gasteiger partial charge >= 0.3 is 10.2 Å². The number of nitriles is 1. The van der Waals surface area contributed by atoms with Crippen LogP contribution >= 0.6 is 11.6 Å². The van der Waals surface area contributed by atoms with Crippen LogP contribution in [0.1, 0.15) is 17.5 Å². The van der Waals surface area contributed by atoms with Gasteiger partial charge in [0, 0.05) is 6.54 Å². The van der Waals surface area contributed by atoms with Crippen molar-refractivity contribution in [3.63, 3.8) is 0 Å². The number of amides is 1. The van der Waals surface area contributed by atoms with Crippen LogP contribution < -0.4 is 4.31 Å². The summed E-state index contributed by atoms with van der Waals surface area (Å²) in [6, 6.07) is 3.56. The van der Waals surface area contributed by atoms with Crippen molar-refractivity contribution in [2.75, 3.05) is 10.8 Å². The Kier molecular flexibility index (Phi) is 3.41. The third kappa shape index (κ3) is 1.87. The number of aliphatic hydroxyl groups excluding tert-OH is 1. The molecule has 0 aliphatic carbocycles. The van der Waals surface area contributed by atoms with E-state index < -0.39 is 28.3 Å². The zero-order chi connectivity index (χ0) is 16.2. The summed E-state index contributed by atoms with van der Waals surface area (Å²) in [5, 5.41) is 18.9. The van der Waals surface area contributed by atoms with Crippen LogP contribution in [0.5, 0.6) is 0 Å². The van der Waals surface area contributed by atoms with Gasteiger partial charge in [-0.3, -0.25) is 4.79 Å². The highest BCUT2D eigenvalue weighted by Gasteiger charge is 2.57. The summed E-state index contributed by atoms with van der Waals surface area (Å²) in [5.74, 6) is -0.700. The highest BCUT2D eigenvalue weighted by Crippen LogP contribution is 2.39. The number of benzene rings is 1. The van der Waals surface area contributed by atoms with Gasteiger partial charge in [0.05, 0.1) is 22.4 Å². The fraction of sp³-hybridized carbons (Fsp3) is 0.385. The van der Waals surface area contributed by atoms with Crippen LogP contribution in [-0.2, 0) is 15.0 Å². The molecule has 7 nitrogen and oxygen atoms in total. The van der Waals surface area contributed by atoms with Crippen molar-refractivity contribution in [1.29, 1.82) is 5.26 Å². The van der Waals surface area contributed by atoms with Crippen molar-refractivity contribution in [3.8, 4) is 6.07 Å². The Bertz CT molecular complexity index is 817. The Morgan fingerprint density at radius 3 is 2.73 bits per heavy atom. The smallest absolute Gasteiger partial charge is 0.311 e. The first-order chi connectivity index (χ1) is 10.3. The first kappa shape index (κ1) is 15.2. The number of nitrogens with zero attached hydrogens (tertiary/aromatic N) is 3. The molecule has 2 heterocycles. The first-order valence-corrected chi connectivity index (χ1v) is 8.31. The number of carbonyl (C=O) groups is 1. The second kappa shape index (κ2) is 4.93. The number of anilines is 1. The normalized spacial score (nSPS) is 27.0. The molecule has 9 heteroatoms. The maximum absolute atomic E-state index is 12.6. The SMILES string of the molecule is Cc1c(N2C(=O)[C@@H]3[C@@H](O)CCN3S2(=O)=O)ccc(C#N)c1Cl. The summed E-state index contributed by atoms with van der Waals surface area (Å²) < 4.78 is 26.8. The topological polar surface area (TPSA) is 102 Å². The zero-order valence-corrected chi connectivity index (χ0v) is 13.1. The molecule has 1 N–H and O–H groups in total. The summed E-state index contributed by atoms with van der Waals surface area (Å²) in [4.78, 5) is 12.5. The Morgan fingerprint density at radius 2 is 2.14 bits per heavy atom. The number of carbonyl (C=O) groups excluding carboxylic acids is 1. The lowest BCUT2D eigenvalue weighted by molar-refractivity contribution is -0.121. The molecule has 22 heavy (non-hydrogen) atoms. The monoisotopic (exact) mass is 341 g/mol. The van der Waals surface area contributed by atoms with Gasteiger partial charge in [0.2, 0.25) is 0 Å². The van der Waals surface area contributed by atoms with Gasteiger partial charge in [-0.25, -0.2) is 0 Å². The largest absolute Gasteiger partial charge is 0.391 e. The van der Waals surface area contributed by atoms with Crippen LogP contribution in [0.4, 0.5) is 5.69 Å². The van der Waals surface area contributed by atoms with E-state index in [2.05, 4.69) is 0 Å². The van der Waals surface area contributed by atoms with Crippen molar-refractivity contribution in [2.24, 2.45) is 0 Å². The number of hydrogen-bond donors (Lipinski definition) is 1. The van der Waals surface area contributed by atoms with Crippen molar-refractivity contribution >= 4 is 33.4 Å². The molecule has 1 amide bonds. The minimum atomic E-state index is -4.04. The number of aliphatic hydroxyl groups is 1. The highest BCUT2D eigenvalue weighted by molar-refractivity contribution is 7.91. The van der Waals surface area contributed by atoms with E-state index in [0.29, 0.717) is 9.87 Å². The minimum absolute atomic E-state index is 0.0967. The highest BCUT2D eigenvalue weighted by atomic mass is 35.5. The van der Waals surface area contributed by atoms with Crippen LogP contribution in [0, 0.1) is 18.3 Å². The second-order valence-electron chi connectivity index (χ2n) is 5.21. The van der Waals surface area contributed by atoms with Gasteiger partial charge in [-0.1, -0.05) is 11.6 Å². The first-order valence-electron chi connectivity index (χ1n) is 6.54. The molecular weight excluding hydrogens is 330 g/mol.